The van der Waals surface area contributed by atoms with Crippen molar-refractivity contribution in [2.75, 3.05) is 30.4 Å². The Morgan fingerprint density at radius 2 is 2.09 bits per heavy atom. The van der Waals surface area contributed by atoms with E-state index in [9.17, 15) is 4.79 Å². The molecule has 3 rings (SSSR count). The third-order valence-corrected chi connectivity index (χ3v) is 4.23. The molecule has 0 bridgehead atoms. The molecule has 1 fully saturated rings. The average Bonchev–Trinajstić information content (AvgIpc) is 2.50. The standard InChI is InChI=1S/C16H15Cl2N3O2/c17-13-4-3-11(6-14(13)18)21-16(22)12-2-1-5-19-15(12)20-7-10-8-23-9-10/h1-6,10H,7-9H2,(H,19,20)(H,21,22). The maximum absolute atomic E-state index is 12.5. The number of carbonyl (C=O) groups is 1. The number of pyridine rings is 1. The van der Waals surface area contributed by atoms with E-state index in [1.54, 1.807) is 36.5 Å². The van der Waals surface area contributed by atoms with Crippen molar-refractivity contribution >= 4 is 40.6 Å². The van der Waals surface area contributed by atoms with Crippen LogP contribution in [0, 0.1) is 5.92 Å². The summed E-state index contributed by atoms with van der Waals surface area (Å²) in [6, 6.07) is 8.39. The van der Waals surface area contributed by atoms with Gasteiger partial charge in [-0.25, -0.2) is 4.98 Å². The molecule has 2 heterocycles. The number of nitrogens with one attached hydrogen (secondary N) is 2. The quantitative estimate of drug-likeness (QED) is 0.861. The molecule has 2 N–H and O–H groups in total. The number of benzene rings is 1. The molecular weight excluding hydrogens is 337 g/mol. The van der Waals surface area contributed by atoms with Gasteiger partial charge in [-0.3, -0.25) is 4.79 Å². The van der Waals surface area contributed by atoms with Gasteiger partial charge in [-0.15, -0.1) is 0 Å². The number of nitrogens with zero attached hydrogens (tertiary/aromatic N) is 1. The van der Waals surface area contributed by atoms with E-state index < -0.39 is 0 Å². The number of hydrogen-bond donors (Lipinski definition) is 2. The van der Waals surface area contributed by atoms with Gasteiger partial charge in [0.15, 0.2) is 0 Å². The highest BCUT2D eigenvalue weighted by Gasteiger charge is 2.19. The molecule has 0 spiro atoms. The number of carbonyl (C=O) groups excluding carboxylic acids is 1. The molecule has 120 valence electrons. The third-order valence-electron chi connectivity index (χ3n) is 3.50. The molecule has 1 aliphatic heterocycles. The molecule has 1 aromatic heterocycles. The summed E-state index contributed by atoms with van der Waals surface area (Å²) in [5.41, 5.74) is 1.05. The second-order valence-electron chi connectivity index (χ2n) is 5.27. The number of anilines is 2. The van der Waals surface area contributed by atoms with Gasteiger partial charge in [-0.1, -0.05) is 23.2 Å². The van der Waals surface area contributed by atoms with Gasteiger partial charge in [0, 0.05) is 24.3 Å². The monoisotopic (exact) mass is 351 g/mol. The molecule has 0 radical (unpaired) electrons. The van der Waals surface area contributed by atoms with E-state index in [4.69, 9.17) is 27.9 Å². The molecule has 1 amide bonds. The van der Waals surface area contributed by atoms with Crippen LogP contribution in [0.3, 0.4) is 0 Å². The van der Waals surface area contributed by atoms with Crippen LogP contribution in [-0.4, -0.2) is 30.6 Å². The van der Waals surface area contributed by atoms with Gasteiger partial charge in [0.1, 0.15) is 5.82 Å². The summed E-state index contributed by atoms with van der Waals surface area (Å²) in [5.74, 6) is 0.754. The van der Waals surface area contributed by atoms with Crippen LogP contribution in [0.5, 0.6) is 0 Å². The summed E-state index contributed by atoms with van der Waals surface area (Å²) in [6.45, 7) is 2.21. The lowest BCUT2D eigenvalue weighted by Gasteiger charge is -2.26. The zero-order chi connectivity index (χ0) is 16.2. The molecule has 0 unspecified atom stereocenters. The average molecular weight is 352 g/mol. The van der Waals surface area contributed by atoms with Gasteiger partial charge < -0.3 is 15.4 Å². The Morgan fingerprint density at radius 3 is 2.78 bits per heavy atom. The summed E-state index contributed by atoms with van der Waals surface area (Å²) in [7, 11) is 0. The summed E-state index contributed by atoms with van der Waals surface area (Å²) in [6.07, 6.45) is 1.65. The van der Waals surface area contributed by atoms with Crippen molar-refractivity contribution in [3.63, 3.8) is 0 Å². The largest absolute Gasteiger partial charge is 0.381 e. The lowest BCUT2D eigenvalue weighted by molar-refractivity contribution is -0.0248. The minimum absolute atomic E-state index is 0.260. The molecule has 2 aromatic rings. The second-order valence-corrected chi connectivity index (χ2v) is 6.08. The molecule has 0 aliphatic carbocycles. The number of hydrogen-bond acceptors (Lipinski definition) is 4. The van der Waals surface area contributed by atoms with Crippen LogP contribution in [-0.2, 0) is 4.74 Å². The minimum Gasteiger partial charge on any atom is -0.381 e. The van der Waals surface area contributed by atoms with Gasteiger partial charge in [0.05, 0.1) is 28.8 Å². The third kappa shape index (κ3) is 3.93. The Hall–Kier alpha value is -1.82. The predicted octanol–water partition coefficient (Wildman–Crippen LogP) is 3.70. The summed E-state index contributed by atoms with van der Waals surface area (Å²) in [4.78, 5) is 16.7. The number of rotatable bonds is 5. The Bertz CT molecular complexity index is 720. The van der Waals surface area contributed by atoms with Crippen molar-refractivity contribution < 1.29 is 9.53 Å². The molecule has 23 heavy (non-hydrogen) atoms. The summed E-state index contributed by atoms with van der Waals surface area (Å²) < 4.78 is 5.14. The normalized spacial score (nSPS) is 14.2. The molecular formula is C16H15Cl2N3O2. The summed E-state index contributed by atoms with van der Waals surface area (Å²) >= 11 is 11.8. The lowest BCUT2D eigenvalue weighted by Crippen LogP contribution is -2.34. The maximum Gasteiger partial charge on any atom is 0.259 e. The number of ether oxygens (including phenoxy) is 1. The zero-order valence-corrected chi connectivity index (χ0v) is 13.7. The molecule has 1 aromatic carbocycles. The van der Waals surface area contributed by atoms with E-state index in [1.165, 1.54) is 0 Å². The van der Waals surface area contributed by atoms with Gasteiger partial charge in [-0.2, -0.15) is 0 Å². The molecule has 5 nitrogen and oxygen atoms in total. The maximum atomic E-state index is 12.5. The van der Waals surface area contributed by atoms with E-state index in [2.05, 4.69) is 15.6 Å². The van der Waals surface area contributed by atoms with Crippen molar-refractivity contribution in [1.29, 1.82) is 0 Å². The smallest absolute Gasteiger partial charge is 0.259 e. The first kappa shape index (κ1) is 16.1. The van der Waals surface area contributed by atoms with E-state index >= 15 is 0 Å². The highest BCUT2D eigenvalue weighted by molar-refractivity contribution is 6.42. The van der Waals surface area contributed by atoms with Crippen molar-refractivity contribution in [3.8, 4) is 0 Å². The van der Waals surface area contributed by atoms with Gasteiger partial charge in [0.2, 0.25) is 0 Å². The SMILES string of the molecule is O=C(Nc1ccc(Cl)c(Cl)c1)c1cccnc1NCC1COC1. The fourth-order valence-corrected chi connectivity index (χ4v) is 2.44. The zero-order valence-electron chi connectivity index (χ0n) is 12.2. The predicted molar refractivity (Wildman–Crippen MR) is 91.5 cm³/mol. The van der Waals surface area contributed by atoms with E-state index in [0.29, 0.717) is 33.0 Å². The van der Waals surface area contributed by atoms with Crippen molar-refractivity contribution in [2.45, 2.75) is 0 Å². The Morgan fingerprint density at radius 1 is 1.26 bits per heavy atom. The molecule has 0 atom stereocenters. The van der Waals surface area contributed by atoms with Gasteiger partial charge >= 0.3 is 0 Å². The first-order valence-electron chi connectivity index (χ1n) is 7.16. The van der Waals surface area contributed by atoms with Crippen LogP contribution < -0.4 is 10.6 Å². The van der Waals surface area contributed by atoms with E-state index in [0.717, 1.165) is 19.8 Å². The number of amides is 1. The molecule has 0 saturated carbocycles. The van der Waals surface area contributed by atoms with Crippen molar-refractivity contribution in [3.05, 3.63) is 52.1 Å². The first-order valence-corrected chi connectivity index (χ1v) is 7.92. The Labute approximate surface area is 144 Å². The Balaban J connectivity index is 1.71. The van der Waals surface area contributed by atoms with E-state index in [-0.39, 0.29) is 5.91 Å². The van der Waals surface area contributed by atoms with Gasteiger partial charge in [0.25, 0.3) is 5.91 Å². The fourth-order valence-electron chi connectivity index (χ4n) is 2.15. The molecule has 1 saturated heterocycles. The van der Waals surface area contributed by atoms with Crippen LogP contribution in [0.2, 0.25) is 10.0 Å². The first-order chi connectivity index (χ1) is 11.1. The second kappa shape index (κ2) is 7.17. The van der Waals surface area contributed by atoms with Crippen LogP contribution in [0.4, 0.5) is 11.5 Å². The number of halogens is 2. The van der Waals surface area contributed by atoms with Crippen molar-refractivity contribution in [2.24, 2.45) is 5.92 Å². The van der Waals surface area contributed by atoms with Crippen LogP contribution in [0.1, 0.15) is 10.4 Å². The molecule has 7 heteroatoms. The van der Waals surface area contributed by atoms with E-state index in [1.807, 2.05) is 0 Å². The lowest BCUT2D eigenvalue weighted by atomic mass is 10.1. The minimum atomic E-state index is -0.260. The van der Waals surface area contributed by atoms with Crippen molar-refractivity contribution in [1.82, 2.24) is 4.98 Å². The number of aromatic nitrogens is 1. The topological polar surface area (TPSA) is 63.2 Å². The fraction of sp³-hybridized carbons (Fsp3) is 0.250. The molecule has 1 aliphatic rings. The summed E-state index contributed by atoms with van der Waals surface area (Å²) in [5, 5.41) is 6.83. The highest BCUT2D eigenvalue weighted by atomic mass is 35.5. The highest BCUT2D eigenvalue weighted by Crippen LogP contribution is 2.25. The van der Waals surface area contributed by atoms with Gasteiger partial charge in [-0.05, 0) is 30.3 Å². The van der Waals surface area contributed by atoms with Crippen LogP contribution >= 0.6 is 23.2 Å². The Kier molecular flexibility index (Phi) is 5.00. The van der Waals surface area contributed by atoms with Crippen LogP contribution in [0.15, 0.2) is 36.5 Å². The van der Waals surface area contributed by atoms with Crippen LogP contribution in [0.25, 0.3) is 0 Å².